The van der Waals surface area contributed by atoms with E-state index in [2.05, 4.69) is 4.18 Å². The second-order valence-corrected chi connectivity index (χ2v) is 4.32. The van der Waals surface area contributed by atoms with Crippen LogP contribution in [-0.4, -0.2) is 27.3 Å². The van der Waals surface area contributed by atoms with E-state index in [1.165, 1.54) is 0 Å². The molecule has 0 fully saturated rings. The van der Waals surface area contributed by atoms with Gasteiger partial charge in [-0.05, 0) is 19.4 Å². The summed E-state index contributed by atoms with van der Waals surface area (Å²) in [7, 11) is -3.33. The molecule has 0 aliphatic heterocycles. The molecule has 2 atom stereocenters. The van der Waals surface area contributed by atoms with Crippen LogP contribution in [0.5, 0.6) is 0 Å². The third-order valence-corrected chi connectivity index (χ3v) is 2.15. The number of nitrogens with two attached hydrogens (primary N) is 1. The van der Waals surface area contributed by atoms with Gasteiger partial charge in [-0.15, -0.1) is 0 Å². The first-order valence-corrected chi connectivity index (χ1v) is 5.26. The summed E-state index contributed by atoms with van der Waals surface area (Å²) in [5.41, 5.74) is 5.32. The summed E-state index contributed by atoms with van der Waals surface area (Å²) in [6.07, 6.45) is 0.696. The zero-order valence-corrected chi connectivity index (χ0v) is 7.89. The van der Waals surface area contributed by atoms with Gasteiger partial charge in [0, 0.05) is 0 Å². The van der Waals surface area contributed by atoms with E-state index in [0.29, 0.717) is 6.54 Å². The quantitative estimate of drug-likeness (QED) is 0.617. The van der Waals surface area contributed by atoms with Crippen molar-refractivity contribution in [2.24, 2.45) is 11.7 Å². The first kappa shape index (κ1) is 10.9. The lowest BCUT2D eigenvalue weighted by molar-refractivity contribution is 0.174. The summed E-state index contributed by atoms with van der Waals surface area (Å²) < 4.78 is 25.9. The Morgan fingerprint density at radius 1 is 1.45 bits per heavy atom. The van der Waals surface area contributed by atoms with Crippen LogP contribution < -0.4 is 5.73 Å². The highest BCUT2D eigenvalue weighted by Crippen LogP contribution is 2.07. The Balaban J connectivity index is 3.98. The molecule has 0 aromatic rings. The van der Waals surface area contributed by atoms with Crippen molar-refractivity contribution < 1.29 is 12.6 Å². The first-order chi connectivity index (χ1) is 4.87. The fourth-order valence-corrected chi connectivity index (χ4v) is 1.30. The molecule has 0 aliphatic rings. The van der Waals surface area contributed by atoms with Crippen LogP contribution >= 0.6 is 0 Å². The molecule has 0 aromatic carbocycles. The highest BCUT2D eigenvalue weighted by Gasteiger charge is 2.15. The summed E-state index contributed by atoms with van der Waals surface area (Å²) in [5, 5.41) is 0. The largest absolute Gasteiger partial charge is 0.330 e. The van der Waals surface area contributed by atoms with Gasteiger partial charge in [0.25, 0.3) is 10.1 Å². The van der Waals surface area contributed by atoms with Crippen molar-refractivity contribution in [3.05, 3.63) is 0 Å². The molecule has 0 saturated heterocycles. The van der Waals surface area contributed by atoms with E-state index in [0.717, 1.165) is 6.26 Å². The van der Waals surface area contributed by atoms with Crippen molar-refractivity contribution in [2.75, 3.05) is 12.8 Å². The van der Waals surface area contributed by atoms with Crippen LogP contribution in [0.1, 0.15) is 13.8 Å². The van der Waals surface area contributed by atoms with Crippen LogP contribution in [0.3, 0.4) is 0 Å². The van der Waals surface area contributed by atoms with Gasteiger partial charge >= 0.3 is 0 Å². The van der Waals surface area contributed by atoms with Crippen molar-refractivity contribution in [3.8, 4) is 0 Å². The second-order valence-electron chi connectivity index (χ2n) is 2.72. The smallest absolute Gasteiger partial charge is 0.264 e. The van der Waals surface area contributed by atoms with Gasteiger partial charge in [-0.1, -0.05) is 6.92 Å². The zero-order valence-electron chi connectivity index (χ0n) is 7.07. The van der Waals surface area contributed by atoms with Crippen LogP contribution in [0.15, 0.2) is 0 Å². The van der Waals surface area contributed by atoms with Gasteiger partial charge in [-0.3, -0.25) is 4.18 Å². The summed E-state index contributed by atoms with van der Waals surface area (Å²) in [6, 6.07) is 0. The van der Waals surface area contributed by atoms with Gasteiger partial charge in [0.15, 0.2) is 0 Å². The molecule has 0 aromatic heterocycles. The molecule has 4 nitrogen and oxygen atoms in total. The predicted molar refractivity (Wildman–Crippen MR) is 43.6 cm³/mol. The number of hydrogen-bond donors (Lipinski definition) is 1. The molecular weight excluding hydrogens is 166 g/mol. The SMILES string of the molecule is CC(CN)C(C)OS(C)(=O)=O. The van der Waals surface area contributed by atoms with Crippen LogP contribution in [0.25, 0.3) is 0 Å². The highest BCUT2D eigenvalue weighted by atomic mass is 32.2. The normalized spacial score (nSPS) is 17.8. The molecule has 5 heteroatoms. The summed E-state index contributed by atoms with van der Waals surface area (Å²) >= 11 is 0. The molecule has 0 rings (SSSR count). The minimum Gasteiger partial charge on any atom is -0.330 e. The zero-order chi connectivity index (χ0) is 9.07. The Hall–Kier alpha value is -0.130. The minimum absolute atomic E-state index is 0.0599. The fourth-order valence-electron chi connectivity index (χ4n) is 0.562. The second kappa shape index (κ2) is 4.04. The maximum Gasteiger partial charge on any atom is 0.264 e. The van der Waals surface area contributed by atoms with Gasteiger partial charge in [0.2, 0.25) is 0 Å². The van der Waals surface area contributed by atoms with Crippen molar-refractivity contribution in [3.63, 3.8) is 0 Å². The van der Waals surface area contributed by atoms with Crippen LogP contribution in [0.2, 0.25) is 0 Å². The van der Waals surface area contributed by atoms with Crippen LogP contribution in [0.4, 0.5) is 0 Å². The van der Waals surface area contributed by atoms with E-state index in [9.17, 15) is 8.42 Å². The van der Waals surface area contributed by atoms with Crippen molar-refractivity contribution >= 4 is 10.1 Å². The standard InChI is InChI=1S/C6H15NO3S/c1-5(4-7)6(2)10-11(3,8)9/h5-6H,4,7H2,1-3H3. The Morgan fingerprint density at radius 3 is 2.18 bits per heavy atom. The lowest BCUT2D eigenvalue weighted by Gasteiger charge is -2.16. The topological polar surface area (TPSA) is 69.4 Å². The van der Waals surface area contributed by atoms with Crippen LogP contribution in [0, 0.1) is 5.92 Å². The van der Waals surface area contributed by atoms with Gasteiger partial charge in [0.1, 0.15) is 0 Å². The molecule has 0 radical (unpaired) electrons. The van der Waals surface area contributed by atoms with E-state index in [-0.39, 0.29) is 12.0 Å². The third-order valence-electron chi connectivity index (χ3n) is 1.50. The van der Waals surface area contributed by atoms with E-state index in [4.69, 9.17) is 5.73 Å². The number of hydrogen-bond acceptors (Lipinski definition) is 4. The van der Waals surface area contributed by atoms with E-state index in [1.807, 2.05) is 6.92 Å². The Morgan fingerprint density at radius 2 is 1.91 bits per heavy atom. The number of rotatable bonds is 4. The van der Waals surface area contributed by atoms with E-state index >= 15 is 0 Å². The molecule has 0 amide bonds. The molecular formula is C6H15NO3S. The van der Waals surface area contributed by atoms with Crippen molar-refractivity contribution in [1.29, 1.82) is 0 Å². The van der Waals surface area contributed by atoms with Gasteiger partial charge in [-0.2, -0.15) is 8.42 Å². The summed E-state index contributed by atoms with van der Waals surface area (Å²) in [5.74, 6) is 0.0599. The summed E-state index contributed by atoms with van der Waals surface area (Å²) in [4.78, 5) is 0. The Kier molecular flexibility index (Phi) is 3.99. The average Bonchev–Trinajstić information content (AvgIpc) is 1.82. The maximum atomic E-state index is 10.6. The average molecular weight is 181 g/mol. The Labute approximate surface area is 67.9 Å². The van der Waals surface area contributed by atoms with Gasteiger partial charge in [-0.25, -0.2) is 0 Å². The summed E-state index contributed by atoms with van der Waals surface area (Å²) in [6.45, 7) is 3.96. The van der Waals surface area contributed by atoms with Gasteiger partial charge < -0.3 is 5.73 Å². The maximum absolute atomic E-state index is 10.6. The fraction of sp³-hybridized carbons (Fsp3) is 1.00. The molecule has 0 aliphatic carbocycles. The van der Waals surface area contributed by atoms with E-state index in [1.54, 1.807) is 6.92 Å². The van der Waals surface area contributed by atoms with Crippen LogP contribution in [-0.2, 0) is 14.3 Å². The Bertz CT molecular complexity index is 200. The molecule has 2 unspecified atom stereocenters. The molecule has 11 heavy (non-hydrogen) atoms. The lowest BCUT2D eigenvalue weighted by Crippen LogP contribution is -2.27. The van der Waals surface area contributed by atoms with Crippen molar-refractivity contribution in [1.82, 2.24) is 0 Å². The molecule has 0 heterocycles. The predicted octanol–water partition coefficient (Wildman–Crippen LogP) is -0.0541. The lowest BCUT2D eigenvalue weighted by atomic mass is 10.1. The molecule has 68 valence electrons. The third kappa shape index (κ3) is 5.17. The monoisotopic (exact) mass is 181 g/mol. The minimum atomic E-state index is -3.33. The molecule has 0 spiro atoms. The van der Waals surface area contributed by atoms with Gasteiger partial charge in [0.05, 0.1) is 12.4 Å². The highest BCUT2D eigenvalue weighted by molar-refractivity contribution is 7.86. The molecule has 0 bridgehead atoms. The van der Waals surface area contributed by atoms with Crippen molar-refractivity contribution in [2.45, 2.75) is 20.0 Å². The first-order valence-electron chi connectivity index (χ1n) is 3.45. The molecule has 2 N–H and O–H groups in total. The van der Waals surface area contributed by atoms with E-state index < -0.39 is 10.1 Å². The molecule has 0 saturated carbocycles.